The summed E-state index contributed by atoms with van der Waals surface area (Å²) >= 11 is 0. The van der Waals surface area contributed by atoms with Gasteiger partial charge in [-0.3, -0.25) is 9.69 Å². The van der Waals surface area contributed by atoms with E-state index >= 15 is 0 Å². The van der Waals surface area contributed by atoms with Gasteiger partial charge in [-0.15, -0.1) is 0 Å². The van der Waals surface area contributed by atoms with Crippen molar-refractivity contribution in [3.63, 3.8) is 0 Å². The molecule has 1 amide bonds. The van der Waals surface area contributed by atoms with Crippen LogP contribution >= 0.6 is 0 Å². The van der Waals surface area contributed by atoms with Gasteiger partial charge in [0.25, 0.3) is 0 Å². The fourth-order valence-electron chi connectivity index (χ4n) is 4.15. The van der Waals surface area contributed by atoms with Crippen LogP contribution in [0.4, 0.5) is 0 Å². The van der Waals surface area contributed by atoms with Crippen LogP contribution in [0.3, 0.4) is 0 Å². The van der Waals surface area contributed by atoms with Crippen molar-refractivity contribution in [1.82, 2.24) is 15.1 Å². The molecule has 22 heavy (non-hydrogen) atoms. The first-order valence-electron chi connectivity index (χ1n) is 9.30. The maximum atomic E-state index is 12.8. The normalized spacial score (nSPS) is 21.6. The van der Waals surface area contributed by atoms with Crippen LogP contribution in [0.5, 0.6) is 0 Å². The van der Waals surface area contributed by atoms with Gasteiger partial charge in [0.2, 0.25) is 5.91 Å². The van der Waals surface area contributed by atoms with Crippen molar-refractivity contribution in [3.8, 4) is 0 Å². The quantitative estimate of drug-likeness (QED) is 0.785. The molecular weight excluding hydrogens is 274 g/mol. The van der Waals surface area contributed by atoms with Gasteiger partial charge in [0.15, 0.2) is 0 Å². The zero-order valence-electron chi connectivity index (χ0n) is 14.8. The van der Waals surface area contributed by atoms with Crippen LogP contribution in [0.2, 0.25) is 0 Å². The van der Waals surface area contributed by atoms with Crippen molar-refractivity contribution in [2.45, 2.75) is 70.9 Å². The minimum atomic E-state index is 0.337. The topological polar surface area (TPSA) is 35.6 Å². The van der Waals surface area contributed by atoms with Crippen LogP contribution in [0.1, 0.15) is 58.8 Å². The molecule has 4 heteroatoms. The highest BCUT2D eigenvalue weighted by Gasteiger charge is 2.30. The maximum absolute atomic E-state index is 12.8. The molecule has 1 saturated carbocycles. The van der Waals surface area contributed by atoms with Crippen molar-refractivity contribution < 1.29 is 4.79 Å². The van der Waals surface area contributed by atoms with Crippen molar-refractivity contribution in [3.05, 3.63) is 0 Å². The first-order chi connectivity index (χ1) is 10.6. The van der Waals surface area contributed by atoms with E-state index in [4.69, 9.17) is 0 Å². The summed E-state index contributed by atoms with van der Waals surface area (Å²) in [6.07, 6.45) is 8.76. The molecule has 0 aromatic heterocycles. The van der Waals surface area contributed by atoms with Crippen molar-refractivity contribution in [1.29, 1.82) is 0 Å². The van der Waals surface area contributed by atoms with E-state index < -0.39 is 0 Å². The lowest BCUT2D eigenvalue weighted by molar-refractivity contribution is -0.137. The molecule has 0 aromatic rings. The van der Waals surface area contributed by atoms with Crippen LogP contribution in [-0.4, -0.2) is 61.0 Å². The summed E-state index contributed by atoms with van der Waals surface area (Å²) < 4.78 is 0. The maximum Gasteiger partial charge on any atom is 0.237 e. The number of nitrogens with zero attached hydrogens (tertiary/aromatic N) is 2. The van der Waals surface area contributed by atoms with E-state index in [2.05, 4.69) is 29.0 Å². The highest BCUT2D eigenvalue weighted by molar-refractivity contribution is 5.79. The Morgan fingerprint density at radius 2 is 1.82 bits per heavy atom. The SMILES string of the molecule is CNCCC1CCN(CC(=O)N(C(C)C)C2CCCC2)CC1. The minimum absolute atomic E-state index is 0.337. The third kappa shape index (κ3) is 4.95. The first-order valence-corrected chi connectivity index (χ1v) is 9.30. The number of rotatable bonds is 7. The summed E-state index contributed by atoms with van der Waals surface area (Å²) in [5.41, 5.74) is 0. The second kappa shape index (κ2) is 8.88. The summed E-state index contributed by atoms with van der Waals surface area (Å²) in [5.74, 6) is 1.20. The summed E-state index contributed by atoms with van der Waals surface area (Å²) in [5, 5.41) is 3.24. The Labute approximate surface area is 136 Å². The van der Waals surface area contributed by atoms with Crippen LogP contribution in [0.15, 0.2) is 0 Å². The molecule has 2 rings (SSSR count). The van der Waals surface area contributed by atoms with Crippen LogP contribution in [-0.2, 0) is 4.79 Å². The zero-order valence-corrected chi connectivity index (χ0v) is 14.8. The molecule has 1 aliphatic heterocycles. The molecule has 0 atom stereocenters. The number of carbonyl (C=O) groups excluding carboxylic acids is 1. The molecule has 0 radical (unpaired) electrons. The molecular formula is C18H35N3O. The van der Waals surface area contributed by atoms with Gasteiger partial charge in [0.05, 0.1) is 6.54 Å². The lowest BCUT2D eigenvalue weighted by atomic mass is 9.93. The van der Waals surface area contributed by atoms with Gasteiger partial charge in [-0.05, 0) is 78.6 Å². The number of likely N-dealkylation sites (tertiary alicyclic amines) is 1. The predicted molar refractivity (Wildman–Crippen MR) is 91.9 cm³/mol. The van der Waals surface area contributed by atoms with Crippen molar-refractivity contribution in [2.24, 2.45) is 5.92 Å². The highest BCUT2D eigenvalue weighted by Crippen LogP contribution is 2.26. The Morgan fingerprint density at radius 3 is 2.36 bits per heavy atom. The van der Waals surface area contributed by atoms with E-state index in [9.17, 15) is 4.79 Å². The fourth-order valence-corrected chi connectivity index (χ4v) is 4.15. The summed E-state index contributed by atoms with van der Waals surface area (Å²) in [6, 6.07) is 0.837. The van der Waals surface area contributed by atoms with Crippen LogP contribution < -0.4 is 5.32 Å². The largest absolute Gasteiger partial charge is 0.336 e. The summed E-state index contributed by atoms with van der Waals surface area (Å²) in [4.78, 5) is 17.3. The first kappa shape index (κ1) is 17.7. The molecule has 1 aliphatic carbocycles. The molecule has 1 saturated heterocycles. The number of hydrogen-bond acceptors (Lipinski definition) is 3. The monoisotopic (exact) mass is 309 g/mol. The molecule has 2 aliphatic rings. The Hall–Kier alpha value is -0.610. The molecule has 128 valence electrons. The lowest BCUT2D eigenvalue weighted by Crippen LogP contribution is -2.49. The number of amides is 1. The molecule has 0 spiro atoms. The average molecular weight is 309 g/mol. The smallest absolute Gasteiger partial charge is 0.237 e. The van der Waals surface area contributed by atoms with Crippen molar-refractivity contribution >= 4 is 5.91 Å². The average Bonchev–Trinajstić information content (AvgIpc) is 3.00. The minimum Gasteiger partial charge on any atom is -0.336 e. The lowest BCUT2D eigenvalue weighted by Gasteiger charge is -2.37. The standard InChI is InChI=1S/C18H35N3O/c1-15(2)21(17-6-4-5-7-17)18(22)14-20-12-9-16(10-13-20)8-11-19-3/h15-17,19H,4-14H2,1-3H3. The Bertz CT molecular complexity index is 331. The third-order valence-corrected chi connectivity index (χ3v) is 5.43. The van der Waals surface area contributed by atoms with Gasteiger partial charge in [0, 0.05) is 12.1 Å². The molecule has 0 aromatic carbocycles. The zero-order chi connectivity index (χ0) is 15.9. The van der Waals surface area contributed by atoms with Crippen molar-refractivity contribution in [2.75, 3.05) is 33.2 Å². The van der Waals surface area contributed by atoms with E-state index in [0.29, 0.717) is 24.5 Å². The number of hydrogen-bond donors (Lipinski definition) is 1. The Morgan fingerprint density at radius 1 is 1.18 bits per heavy atom. The summed E-state index contributed by atoms with van der Waals surface area (Å²) in [6.45, 7) is 8.27. The van der Waals surface area contributed by atoms with E-state index in [1.54, 1.807) is 0 Å². The van der Waals surface area contributed by atoms with Gasteiger partial charge in [0.1, 0.15) is 0 Å². The van der Waals surface area contributed by atoms with E-state index in [-0.39, 0.29) is 0 Å². The predicted octanol–water partition coefficient (Wildman–Crippen LogP) is 2.49. The van der Waals surface area contributed by atoms with E-state index in [1.807, 2.05) is 7.05 Å². The van der Waals surface area contributed by atoms with Gasteiger partial charge in [-0.2, -0.15) is 0 Å². The second-order valence-electron chi connectivity index (χ2n) is 7.44. The third-order valence-electron chi connectivity index (χ3n) is 5.43. The molecule has 1 heterocycles. The molecule has 0 unspecified atom stereocenters. The van der Waals surface area contributed by atoms with Gasteiger partial charge < -0.3 is 10.2 Å². The highest BCUT2D eigenvalue weighted by atomic mass is 16.2. The molecule has 2 fully saturated rings. The van der Waals surface area contributed by atoms with Crippen LogP contribution in [0.25, 0.3) is 0 Å². The van der Waals surface area contributed by atoms with Crippen LogP contribution in [0, 0.1) is 5.92 Å². The van der Waals surface area contributed by atoms with E-state index in [0.717, 1.165) is 25.6 Å². The van der Waals surface area contributed by atoms with Gasteiger partial charge >= 0.3 is 0 Å². The Kier molecular flexibility index (Phi) is 7.16. The summed E-state index contributed by atoms with van der Waals surface area (Å²) in [7, 11) is 2.03. The Balaban J connectivity index is 1.78. The number of nitrogens with one attached hydrogen (secondary N) is 1. The van der Waals surface area contributed by atoms with E-state index in [1.165, 1.54) is 44.9 Å². The van der Waals surface area contributed by atoms with Gasteiger partial charge in [-0.25, -0.2) is 0 Å². The molecule has 0 bridgehead atoms. The molecule has 4 nitrogen and oxygen atoms in total. The number of piperidine rings is 1. The second-order valence-corrected chi connectivity index (χ2v) is 7.44. The van der Waals surface area contributed by atoms with Gasteiger partial charge in [-0.1, -0.05) is 12.8 Å². The number of carbonyl (C=O) groups is 1. The molecule has 1 N–H and O–H groups in total. The fraction of sp³-hybridized carbons (Fsp3) is 0.944.